The average molecular weight is 246 g/mol. The van der Waals surface area contributed by atoms with E-state index in [-0.39, 0.29) is 5.91 Å². The van der Waals surface area contributed by atoms with Crippen molar-refractivity contribution >= 4 is 5.91 Å². The number of amides is 1. The fourth-order valence-electron chi connectivity index (χ4n) is 2.59. The molecule has 1 aliphatic rings. The molecule has 3 heteroatoms. The maximum atomic E-state index is 12.1. The van der Waals surface area contributed by atoms with E-state index >= 15 is 0 Å². The van der Waals surface area contributed by atoms with Crippen LogP contribution in [0.4, 0.5) is 0 Å². The summed E-state index contributed by atoms with van der Waals surface area (Å²) in [4.78, 5) is 12.1. The van der Waals surface area contributed by atoms with Crippen LogP contribution in [0.2, 0.25) is 0 Å². The van der Waals surface area contributed by atoms with E-state index in [0.717, 1.165) is 31.2 Å². The van der Waals surface area contributed by atoms with Gasteiger partial charge in [0.2, 0.25) is 5.91 Å². The molecule has 0 atom stereocenters. The number of carbonyl (C=O) groups excluding carboxylic acids is 1. The molecule has 0 bridgehead atoms. The van der Waals surface area contributed by atoms with Crippen molar-refractivity contribution in [2.45, 2.75) is 51.1 Å². The predicted molar refractivity (Wildman–Crippen MR) is 73.0 cm³/mol. The lowest BCUT2D eigenvalue weighted by atomic mass is 9.82. The topological polar surface area (TPSA) is 55.1 Å². The highest BCUT2D eigenvalue weighted by molar-refractivity contribution is 5.86. The molecule has 1 aromatic carbocycles. The molecule has 2 rings (SSSR count). The SMILES string of the molecule is Cc1cccc(CNC(=O)C2(N)CCCCC2)c1. The van der Waals surface area contributed by atoms with Gasteiger partial charge in [0, 0.05) is 6.54 Å². The van der Waals surface area contributed by atoms with Crippen LogP contribution in [0.1, 0.15) is 43.2 Å². The van der Waals surface area contributed by atoms with Crippen LogP contribution in [0.15, 0.2) is 24.3 Å². The molecule has 0 spiro atoms. The fraction of sp³-hybridized carbons (Fsp3) is 0.533. The van der Waals surface area contributed by atoms with Gasteiger partial charge in [-0.2, -0.15) is 0 Å². The van der Waals surface area contributed by atoms with Crippen LogP contribution in [-0.2, 0) is 11.3 Å². The largest absolute Gasteiger partial charge is 0.350 e. The van der Waals surface area contributed by atoms with Crippen LogP contribution >= 0.6 is 0 Å². The lowest BCUT2D eigenvalue weighted by Gasteiger charge is -2.31. The van der Waals surface area contributed by atoms with Crippen molar-refractivity contribution in [1.29, 1.82) is 0 Å². The second-order valence-corrected chi connectivity index (χ2v) is 5.39. The van der Waals surface area contributed by atoms with Gasteiger partial charge in [0.05, 0.1) is 5.54 Å². The Bertz CT molecular complexity index is 422. The first-order valence-corrected chi connectivity index (χ1v) is 6.73. The molecule has 1 aliphatic carbocycles. The van der Waals surface area contributed by atoms with Crippen LogP contribution in [0.25, 0.3) is 0 Å². The molecule has 0 unspecified atom stereocenters. The molecule has 98 valence electrons. The van der Waals surface area contributed by atoms with Gasteiger partial charge in [0.1, 0.15) is 0 Å². The Balaban J connectivity index is 1.91. The normalized spacial score (nSPS) is 18.3. The molecular formula is C15H22N2O. The highest BCUT2D eigenvalue weighted by Gasteiger charge is 2.34. The Hall–Kier alpha value is -1.35. The van der Waals surface area contributed by atoms with Gasteiger partial charge >= 0.3 is 0 Å². The number of benzene rings is 1. The van der Waals surface area contributed by atoms with Gasteiger partial charge in [-0.05, 0) is 25.3 Å². The number of aryl methyl sites for hydroxylation is 1. The van der Waals surface area contributed by atoms with Crippen molar-refractivity contribution in [2.75, 3.05) is 0 Å². The summed E-state index contributed by atoms with van der Waals surface area (Å²) in [6.07, 6.45) is 4.95. The number of rotatable bonds is 3. The standard InChI is InChI=1S/C15H22N2O/c1-12-6-5-7-13(10-12)11-17-14(18)15(16)8-3-2-4-9-15/h5-7,10H,2-4,8-9,11,16H2,1H3,(H,17,18). The molecule has 0 radical (unpaired) electrons. The summed E-state index contributed by atoms with van der Waals surface area (Å²) in [5.74, 6) is 0.00343. The quantitative estimate of drug-likeness (QED) is 0.859. The third-order valence-corrected chi connectivity index (χ3v) is 3.73. The number of carbonyl (C=O) groups is 1. The van der Waals surface area contributed by atoms with Crippen LogP contribution in [0, 0.1) is 6.92 Å². The van der Waals surface area contributed by atoms with E-state index in [1.165, 1.54) is 12.0 Å². The van der Waals surface area contributed by atoms with E-state index in [2.05, 4.69) is 24.4 Å². The van der Waals surface area contributed by atoms with Crippen molar-refractivity contribution in [3.8, 4) is 0 Å². The molecule has 1 fully saturated rings. The van der Waals surface area contributed by atoms with E-state index in [1.54, 1.807) is 0 Å². The summed E-state index contributed by atoms with van der Waals surface area (Å²) in [7, 11) is 0. The second kappa shape index (κ2) is 5.53. The predicted octanol–water partition coefficient (Wildman–Crippen LogP) is 2.27. The van der Waals surface area contributed by atoms with Gasteiger partial charge in [-0.1, -0.05) is 49.1 Å². The van der Waals surface area contributed by atoms with Crippen molar-refractivity contribution in [3.05, 3.63) is 35.4 Å². The zero-order chi connectivity index (χ0) is 13.0. The zero-order valence-corrected chi connectivity index (χ0v) is 11.0. The molecular weight excluding hydrogens is 224 g/mol. The number of nitrogens with one attached hydrogen (secondary N) is 1. The van der Waals surface area contributed by atoms with Gasteiger partial charge in [-0.25, -0.2) is 0 Å². The van der Waals surface area contributed by atoms with Crippen molar-refractivity contribution in [2.24, 2.45) is 5.73 Å². The number of hydrogen-bond acceptors (Lipinski definition) is 2. The molecule has 0 saturated heterocycles. The third kappa shape index (κ3) is 3.10. The molecule has 1 amide bonds. The summed E-state index contributed by atoms with van der Waals surface area (Å²) >= 11 is 0. The molecule has 18 heavy (non-hydrogen) atoms. The van der Waals surface area contributed by atoms with Crippen molar-refractivity contribution in [1.82, 2.24) is 5.32 Å². The summed E-state index contributed by atoms with van der Waals surface area (Å²) in [6.45, 7) is 2.62. The molecule has 0 aromatic heterocycles. The average Bonchev–Trinajstić information content (AvgIpc) is 2.37. The summed E-state index contributed by atoms with van der Waals surface area (Å²) in [5, 5.41) is 2.97. The summed E-state index contributed by atoms with van der Waals surface area (Å²) < 4.78 is 0. The highest BCUT2D eigenvalue weighted by atomic mass is 16.2. The number of hydrogen-bond donors (Lipinski definition) is 2. The second-order valence-electron chi connectivity index (χ2n) is 5.39. The molecule has 1 aromatic rings. The first kappa shape index (κ1) is 13.1. The third-order valence-electron chi connectivity index (χ3n) is 3.73. The molecule has 3 nitrogen and oxygen atoms in total. The van der Waals surface area contributed by atoms with E-state index in [0.29, 0.717) is 6.54 Å². The van der Waals surface area contributed by atoms with Gasteiger partial charge in [-0.15, -0.1) is 0 Å². The Kier molecular flexibility index (Phi) is 4.02. The van der Waals surface area contributed by atoms with Crippen LogP contribution in [0.3, 0.4) is 0 Å². The van der Waals surface area contributed by atoms with Crippen molar-refractivity contribution < 1.29 is 4.79 Å². The molecule has 1 saturated carbocycles. The van der Waals surface area contributed by atoms with E-state index in [4.69, 9.17) is 5.73 Å². The smallest absolute Gasteiger partial charge is 0.240 e. The number of nitrogens with two attached hydrogens (primary N) is 1. The minimum atomic E-state index is -0.637. The van der Waals surface area contributed by atoms with Gasteiger partial charge in [0.15, 0.2) is 0 Å². The first-order valence-electron chi connectivity index (χ1n) is 6.73. The lowest BCUT2D eigenvalue weighted by molar-refractivity contribution is -0.127. The van der Waals surface area contributed by atoms with Crippen LogP contribution in [0.5, 0.6) is 0 Å². The highest BCUT2D eigenvalue weighted by Crippen LogP contribution is 2.26. The zero-order valence-electron chi connectivity index (χ0n) is 11.0. The minimum absolute atomic E-state index is 0.00343. The van der Waals surface area contributed by atoms with E-state index < -0.39 is 5.54 Å². The monoisotopic (exact) mass is 246 g/mol. The Morgan fingerprint density at radius 3 is 2.72 bits per heavy atom. The maximum absolute atomic E-state index is 12.1. The minimum Gasteiger partial charge on any atom is -0.350 e. The Morgan fingerprint density at radius 2 is 2.06 bits per heavy atom. The Labute approximate surface area is 109 Å². The van der Waals surface area contributed by atoms with Gasteiger partial charge < -0.3 is 11.1 Å². The van der Waals surface area contributed by atoms with Gasteiger partial charge in [0.25, 0.3) is 0 Å². The molecule has 0 aliphatic heterocycles. The fourth-order valence-corrected chi connectivity index (χ4v) is 2.59. The Morgan fingerprint density at radius 1 is 1.33 bits per heavy atom. The maximum Gasteiger partial charge on any atom is 0.240 e. The van der Waals surface area contributed by atoms with Gasteiger partial charge in [-0.3, -0.25) is 4.79 Å². The van der Waals surface area contributed by atoms with Crippen LogP contribution in [-0.4, -0.2) is 11.4 Å². The van der Waals surface area contributed by atoms with E-state index in [9.17, 15) is 4.79 Å². The molecule has 0 heterocycles. The molecule has 3 N–H and O–H groups in total. The van der Waals surface area contributed by atoms with Crippen molar-refractivity contribution in [3.63, 3.8) is 0 Å². The van der Waals surface area contributed by atoms with E-state index in [1.807, 2.05) is 12.1 Å². The lowest BCUT2D eigenvalue weighted by Crippen LogP contribution is -2.54. The first-order chi connectivity index (χ1) is 8.60. The summed E-state index contributed by atoms with van der Waals surface area (Å²) in [5.41, 5.74) is 7.89. The summed E-state index contributed by atoms with van der Waals surface area (Å²) in [6, 6.07) is 8.17. The van der Waals surface area contributed by atoms with Crippen LogP contribution < -0.4 is 11.1 Å².